The summed E-state index contributed by atoms with van der Waals surface area (Å²) in [4.78, 5) is 10.8. The third kappa shape index (κ3) is 3.68. The lowest BCUT2D eigenvalue weighted by Gasteiger charge is -2.33. The zero-order valence-corrected chi connectivity index (χ0v) is 11.2. The lowest BCUT2D eigenvalue weighted by molar-refractivity contribution is -0.149. The van der Waals surface area contributed by atoms with Gasteiger partial charge in [0, 0.05) is 12.1 Å². The second kappa shape index (κ2) is 6.36. The Morgan fingerprint density at radius 2 is 1.88 bits per heavy atom. The first kappa shape index (κ1) is 14.5. The van der Waals surface area contributed by atoms with Gasteiger partial charge in [0.05, 0.1) is 6.10 Å². The van der Waals surface area contributed by atoms with Crippen LogP contribution < -0.4 is 5.32 Å². The van der Waals surface area contributed by atoms with E-state index in [0.717, 1.165) is 32.2 Å². The van der Waals surface area contributed by atoms with Gasteiger partial charge in [-0.05, 0) is 32.1 Å². The fourth-order valence-electron chi connectivity index (χ4n) is 2.49. The average Bonchev–Trinajstić information content (AvgIpc) is 2.81. The van der Waals surface area contributed by atoms with E-state index in [4.69, 9.17) is 9.84 Å². The summed E-state index contributed by atoms with van der Waals surface area (Å²) in [5.41, 5.74) is 0.185. The molecule has 0 saturated carbocycles. The highest BCUT2D eigenvalue weighted by Gasteiger charge is 2.32. The molecule has 0 aromatic rings. The second-order valence-electron chi connectivity index (χ2n) is 4.88. The van der Waals surface area contributed by atoms with Crippen molar-refractivity contribution < 1.29 is 14.6 Å². The molecule has 2 N–H and O–H groups in total. The van der Waals surface area contributed by atoms with E-state index in [2.05, 4.69) is 26.1 Å². The molecule has 0 spiro atoms. The van der Waals surface area contributed by atoms with Gasteiger partial charge in [-0.15, -0.1) is 0 Å². The van der Waals surface area contributed by atoms with Crippen LogP contribution in [0.1, 0.15) is 52.9 Å². The number of hydrogen-bond acceptors (Lipinski definition) is 3. The average molecular weight is 243 g/mol. The molecule has 4 heteroatoms. The van der Waals surface area contributed by atoms with Gasteiger partial charge in [0.25, 0.3) is 0 Å². The summed E-state index contributed by atoms with van der Waals surface area (Å²) >= 11 is 0. The zero-order chi connectivity index (χ0) is 12.9. The zero-order valence-electron chi connectivity index (χ0n) is 11.2. The molecule has 0 radical (unpaired) electrons. The number of carbonyl (C=O) groups is 1. The van der Waals surface area contributed by atoms with Crippen LogP contribution in [-0.2, 0) is 9.53 Å². The third-order valence-corrected chi connectivity index (χ3v) is 4.12. The first-order valence-corrected chi connectivity index (χ1v) is 6.70. The molecule has 1 fully saturated rings. The molecule has 1 aliphatic heterocycles. The van der Waals surface area contributed by atoms with Gasteiger partial charge in [-0.3, -0.25) is 0 Å². The molecule has 17 heavy (non-hydrogen) atoms. The molecule has 0 bridgehead atoms. The Hall–Kier alpha value is -0.610. The van der Waals surface area contributed by atoms with Gasteiger partial charge in [-0.1, -0.05) is 20.8 Å². The van der Waals surface area contributed by atoms with Crippen LogP contribution in [0.15, 0.2) is 0 Å². The Morgan fingerprint density at radius 1 is 1.29 bits per heavy atom. The molecule has 1 saturated heterocycles. The van der Waals surface area contributed by atoms with E-state index < -0.39 is 12.1 Å². The maximum absolute atomic E-state index is 10.8. The van der Waals surface area contributed by atoms with Crippen molar-refractivity contribution in [2.24, 2.45) is 0 Å². The number of rotatable bonds is 7. The highest BCUT2D eigenvalue weighted by molar-refractivity contribution is 5.72. The van der Waals surface area contributed by atoms with Crippen molar-refractivity contribution in [1.29, 1.82) is 0 Å². The van der Waals surface area contributed by atoms with E-state index >= 15 is 0 Å². The van der Waals surface area contributed by atoms with E-state index in [1.54, 1.807) is 0 Å². The largest absolute Gasteiger partial charge is 0.479 e. The summed E-state index contributed by atoms with van der Waals surface area (Å²) in [6, 6.07) is 0. The third-order valence-electron chi connectivity index (χ3n) is 4.12. The van der Waals surface area contributed by atoms with Crippen LogP contribution in [0.25, 0.3) is 0 Å². The van der Waals surface area contributed by atoms with E-state index in [-0.39, 0.29) is 11.6 Å². The van der Waals surface area contributed by atoms with Crippen molar-refractivity contribution in [2.45, 2.75) is 70.6 Å². The molecule has 0 aromatic carbocycles. The molecule has 1 heterocycles. The van der Waals surface area contributed by atoms with Crippen molar-refractivity contribution in [2.75, 3.05) is 6.54 Å². The molecule has 0 amide bonds. The molecular weight excluding hydrogens is 218 g/mol. The first-order chi connectivity index (χ1) is 8.06. The van der Waals surface area contributed by atoms with Gasteiger partial charge >= 0.3 is 5.97 Å². The second-order valence-corrected chi connectivity index (χ2v) is 4.88. The lowest BCUT2D eigenvalue weighted by atomic mass is 9.89. The van der Waals surface area contributed by atoms with Gasteiger partial charge in [-0.2, -0.15) is 0 Å². The Labute approximate surface area is 104 Å². The predicted octanol–water partition coefficient (Wildman–Crippen LogP) is 2.18. The Morgan fingerprint density at radius 3 is 2.29 bits per heavy atom. The quantitative estimate of drug-likeness (QED) is 0.719. The Balaban J connectivity index is 2.38. The number of hydrogen-bond donors (Lipinski definition) is 2. The standard InChI is InChI=1S/C13H25NO3/c1-4-13(5-2,6-3)14-9-10-7-8-11(17-10)12(15)16/h10-11,14H,4-9H2,1-3H3,(H,15,16). The van der Waals surface area contributed by atoms with Crippen molar-refractivity contribution in [1.82, 2.24) is 5.32 Å². The fraction of sp³-hybridized carbons (Fsp3) is 0.923. The summed E-state index contributed by atoms with van der Waals surface area (Å²) in [7, 11) is 0. The predicted molar refractivity (Wildman–Crippen MR) is 67.1 cm³/mol. The van der Waals surface area contributed by atoms with Crippen LogP contribution in [0, 0.1) is 0 Å². The molecule has 2 atom stereocenters. The fourth-order valence-corrected chi connectivity index (χ4v) is 2.49. The number of carboxylic acids is 1. The molecule has 0 aromatic heterocycles. The van der Waals surface area contributed by atoms with Crippen LogP contribution in [0.5, 0.6) is 0 Å². The van der Waals surface area contributed by atoms with Gasteiger partial charge in [0.1, 0.15) is 0 Å². The van der Waals surface area contributed by atoms with Crippen molar-refractivity contribution in [3.8, 4) is 0 Å². The van der Waals surface area contributed by atoms with Crippen LogP contribution in [0.2, 0.25) is 0 Å². The number of carboxylic acid groups (broad SMARTS) is 1. The molecule has 1 rings (SSSR count). The Kier molecular flexibility index (Phi) is 5.40. The van der Waals surface area contributed by atoms with Crippen LogP contribution in [0.4, 0.5) is 0 Å². The van der Waals surface area contributed by atoms with Gasteiger partial charge in [-0.25, -0.2) is 4.79 Å². The summed E-state index contributed by atoms with van der Waals surface area (Å²) in [6.45, 7) is 7.33. The highest BCUT2D eigenvalue weighted by atomic mass is 16.5. The van der Waals surface area contributed by atoms with E-state index in [1.165, 1.54) is 0 Å². The minimum atomic E-state index is -0.833. The smallest absolute Gasteiger partial charge is 0.332 e. The number of nitrogens with one attached hydrogen (secondary N) is 1. The SMILES string of the molecule is CCC(CC)(CC)NCC1CCC(C(=O)O)O1. The van der Waals surface area contributed by atoms with E-state index in [9.17, 15) is 4.79 Å². The number of aliphatic carboxylic acids is 1. The Bertz CT molecular complexity index is 243. The summed E-state index contributed by atoms with van der Waals surface area (Å²) in [6.07, 6.45) is 4.22. The topological polar surface area (TPSA) is 58.6 Å². The van der Waals surface area contributed by atoms with Crippen molar-refractivity contribution >= 4 is 5.97 Å². The molecular formula is C13H25NO3. The van der Waals surface area contributed by atoms with Crippen molar-refractivity contribution in [3.63, 3.8) is 0 Å². The summed E-state index contributed by atoms with van der Waals surface area (Å²) < 4.78 is 5.49. The first-order valence-electron chi connectivity index (χ1n) is 6.70. The monoisotopic (exact) mass is 243 g/mol. The normalized spacial score (nSPS) is 25.1. The lowest BCUT2D eigenvalue weighted by Crippen LogP contribution is -2.47. The minimum absolute atomic E-state index is 0.0557. The molecule has 4 nitrogen and oxygen atoms in total. The number of ether oxygens (including phenoxy) is 1. The van der Waals surface area contributed by atoms with E-state index in [1.807, 2.05) is 0 Å². The van der Waals surface area contributed by atoms with E-state index in [0.29, 0.717) is 6.42 Å². The molecule has 2 unspecified atom stereocenters. The summed E-state index contributed by atoms with van der Waals surface area (Å²) in [5.74, 6) is -0.833. The maximum atomic E-state index is 10.8. The molecule has 100 valence electrons. The minimum Gasteiger partial charge on any atom is -0.479 e. The van der Waals surface area contributed by atoms with Gasteiger partial charge in [0.15, 0.2) is 6.10 Å². The molecule has 0 aliphatic carbocycles. The van der Waals surface area contributed by atoms with Crippen LogP contribution >= 0.6 is 0 Å². The maximum Gasteiger partial charge on any atom is 0.332 e. The molecule has 1 aliphatic rings. The van der Waals surface area contributed by atoms with Crippen molar-refractivity contribution in [3.05, 3.63) is 0 Å². The van der Waals surface area contributed by atoms with Gasteiger partial charge in [0.2, 0.25) is 0 Å². The van der Waals surface area contributed by atoms with Gasteiger partial charge < -0.3 is 15.2 Å². The van der Waals surface area contributed by atoms with Crippen LogP contribution in [0.3, 0.4) is 0 Å². The highest BCUT2D eigenvalue weighted by Crippen LogP contribution is 2.23. The summed E-state index contributed by atoms with van der Waals surface area (Å²) in [5, 5.41) is 12.4. The van der Waals surface area contributed by atoms with Crippen LogP contribution in [-0.4, -0.2) is 35.4 Å².